The number of hydrogen-bond donors (Lipinski definition) is 1. The van der Waals surface area contributed by atoms with Gasteiger partial charge in [-0.1, -0.05) is 6.07 Å². The van der Waals surface area contributed by atoms with Crippen LogP contribution in [0, 0.1) is 11.3 Å². The van der Waals surface area contributed by atoms with Gasteiger partial charge in [0.05, 0.1) is 12.1 Å². The molecule has 5 rings (SSSR count). The van der Waals surface area contributed by atoms with Crippen molar-refractivity contribution >= 4 is 11.0 Å². The maximum Gasteiger partial charge on any atom is 0.433 e. The number of aromatic nitrogens is 7. The molecule has 0 aliphatic heterocycles. The summed E-state index contributed by atoms with van der Waals surface area (Å²) in [6, 6.07) is 5.34. The van der Waals surface area contributed by atoms with Crippen molar-refractivity contribution in [2.75, 3.05) is 0 Å². The molecular weight excluding hydrogens is 437 g/mol. The molecule has 1 aliphatic rings. The van der Waals surface area contributed by atoms with E-state index in [0.717, 1.165) is 25.1 Å². The van der Waals surface area contributed by atoms with Gasteiger partial charge in [-0.15, -0.1) is 0 Å². The van der Waals surface area contributed by atoms with Gasteiger partial charge in [-0.25, -0.2) is 9.67 Å². The number of rotatable bonds is 4. The molecule has 4 heterocycles. The largest absolute Gasteiger partial charge is 0.433 e. The number of nitrogens with zero attached hydrogens (tertiary/aromatic N) is 7. The fourth-order valence-electron chi connectivity index (χ4n) is 4.14. The minimum atomic E-state index is -4.55. The Labute approximate surface area is 184 Å². The molecule has 0 aromatic carbocycles. The molecule has 12 heteroatoms. The number of pyridine rings is 1. The predicted octanol–water partition coefficient (Wildman–Crippen LogP) is 3.33. The molecule has 3 unspecified atom stereocenters. The van der Waals surface area contributed by atoms with Gasteiger partial charge in [0, 0.05) is 24.5 Å². The zero-order chi connectivity index (χ0) is 23.3. The third kappa shape index (κ3) is 3.45. The van der Waals surface area contributed by atoms with E-state index in [1.807, 2.05) is 23.0 Å². The highest BCUT2D eigenvalue weighted by Crippen LogP contribution is 2.44. The fourth-order valence-corrected chi connectivity index (χ4v) is 4.14. The summed E-state index contributed by atoms with van der Waals surface area (Å²) in [5, 5.41) is 18.1. The molecule has 168 valence electrons. The lowest BCUT2D eigenvalue weighted by atomic mass is 9.79. The van der Waals surface area contributed by atoms with Gasteiger partial charge in [0.2, 0.25) is 0 Å². The van der Waals surface area contributed by atoms with E-state index in [9.17, 15) is 23.2 Å². The van der Waals surface area contributed by atoms with Gasteiger partial charge in [-0.2, -0.15) is 28.6 Å². The molecule has 33 heavy (non-hydrogen) atoms. The Morgan fingerprint density at radius 3 is 2.70 bits per heavy atom. The highest BCUT2D eigenvalue weighted by atomic mass is 19.4. The van der Waals surface area contributed by atoms with Crippen molar-refractivity contribution in [1.82, 2.24) is 34.5 Å². The molecule has 4 aromatic rings. The summed E-state index contributed by atoms with van der Waals surface area (Å²) in [5.74, 6) is 0.390. The molecule has 1 aliphatic carbocycles. The van der Waals surface area contributed by atoms with E-state index in [4.69, 9.17) is 0 Å². The van der Waals surface area contributed by atoms with Crippen LogP contribution in [0.3, 0.4) is 0 Å². The van der Waals surface area contributed by atoms with E-state index >= 15 is 0 Å². The highest BCUT2D eigenvalue weighted by molar-refractivity contribution is 5.80. The SMILES string of the molecule is CC(c1ccc(C(F)(F)F)nc1)n1nc(C#N)c2c(=O)[nH]c(C3CCC3n3cccn3)nc21. The Bertz CT molecular complexity index is 1410. The number of halogens is 3. The van der Waals surface area contributed by atoms with E-state index in [1.165, 1.54) is 10.7 Å². The van der Waals surface area contributed by atoms with E-state index in [-0.39, 0.29) is 28.7 Å². The van der Waals surface area contributed by atoms with Crippen LogP contribution in [-0.2, 0) is 6.18 Å². The number of nitriles is 1. The summed E-state index contributed by atoms with van der Waals surface area (Å²) < 4.78 is 41.8. The van der Waals surface area contributed by atoms with Crippen molar-refractivity contribution in [2.24, 2.45) is 0 Å². The van der Waals surface area contributed by atoms with E-state index in [1.54, 1.807) is 13.1 Å². The first kappa shape index (κ1) is 20.9. The number of alkyl halides is 3. The van der Waals surface area contributed by atoms with Crippen molar-refractivity contribution in [2.45, 2.75) is 43.9 Å². The number of H-pyrrole nitrogens is 1. The maximum atomic E-state index is 12.9. The number of hydrogen-bond acceptors (Lipinski definition) is 6. The standard InChI is InChI=1S/C21H17F3N8O/c1-11(12-3-6-16(26-10-12)21(22,23)24)32-19-17(14(9-25)30-32)20(33)29-18(28-19)13-4-5-15(13)31-8-2-7-27-31/h2-3,6-8,10-11,13,15H,4-5H2,1H3,(H,28,29,33). The van der Waals surface area contributed by atoms with Crippen LogP contribution in [0.1, 0.15) is 60.5 Å². The minimum Gasteiger partial charge on any atom is -0.309 e. The van der Waals surface area contributed by atoms with Crippen molar-refractivity contribution in [3.8, 4) is 6.07 Å². The quantitative estimate of drug-likeness (QED) is 0.505. The molecule has 9 nitrogen and oxygen atoms in total. The van der Waals surface area contributed by atoms with Crippen LogP contribution < -0.4 is 5.56 Å². The highest BCUT2D eigenvalue weighted by Gasteiger charge is 2.37. The van der Waals surface area contributed by atoms with Crippen LogP contribution in [0.25, 0.3) is 11.0 Å². The minimum absolute atomic E-state index is 0.0444. The monoisotopic (exact) mass is 454 g/mol. The Balaban J connectivity index is 1.58. The number of fused-ring (bicyclic) bond motifs is 1. The molecule has 0 bridgehead atoms. The van der Waals surface area contributed by atoms with Crippen LogP contribution in [0.15, 0.2) is 41.6 Å². The molecule has 0 spiro atoms. The average Bonchev–Trinajstić information content (AvgIpc) is 3.40. The zero-order valence-corrected chi connectivity index (χ0v) is 17.3. The Morgan fingerprint density at radius 1 is 1.30 bits per heavy atom. The molecule has 3 atom stereocenters. The van der Waals surface area contributed by atoms with Gasteiger partial charge < -0.3 is 4.98 Å². The van der Waals surface area contributed by atoms with Crippen LogP contribution in [0.5, 0.6) is 0 Å². The van der Waals surface area contributed by atoms with Crippen molar-refractivity contribution in [3.63, 3.8) is 0 Å². The van der Waals surface area contributed by atoms with Crippen LogP contribution in [0.2, 0.25) is 0 Å². The topological polar surface area (TPSA) is 118 Å². The fraction of sp³-hybridized carbons (Fsp3) is 0.333. The lowest BCUT2D eigenvalue weighted by molar-refractivity contribution is -0.141. The third-order valence-corrected chi connectivity index (χ3v) is 6.07. The van der Waals surface area contributed by atoms with Gasteiger partial charge in [0.15, 0.2) is 11.3 Å². The third-order valence-electron chi connectivity index (χ3n) is 6.07. The van der Waals surface area contributed by atoms with Gasteiger partial charge in [-0.3, -0.25) is 14.5 Å². The van der Waals surface area contributed by atoms with E-state index < -0.39 is 23.5 Å². The lowest BCUT2D eigenvalue weighted by Gasteiger charge is -2.35. The number of nitrogens with one attached hydrogen (secondary N) is 1. The van der Waals surface area contributed by atoms with Crippen molar-refractivity contribution in [1.29, 1.82) is 5.26 Å². The summed E-state index contributed by atoms with van der Waals surface area (Å²) in [6.45, 7) is 1.69. The van der Waals surface area contributed by atoms with Crippen molar-refractivity contribution in [3.05, 3.63) is 69.9 Å². The molecule has 1 N–H and O–H groups in total. The molecule has 0 amide bonds. The van der Waals surface area contributed by atoms with Gasteiger partial charge >= 0.3 is 6.18 Å². The summed E-state index contributed by atoms with van der Waals surface area (Å²) >= 11 is 0. The second kappa shape index (κ2) is 7.54. The molecule has 0 saturated heterocycles. The maximum absolute atomic E-state index is 12.9. The van der Waals surface area contributed by atoms with Gasteiger partial charge in [-0.05, 0) is 37.5 Å². The van der Waals surface area contributed by atoms with Gasteiger partial charge in [0.1, 0.15) is 23.0 Å². The molecule has 1 saturated carbocycles. The summed E-state index contributed by atoms with van der Waals surface area (Å²) in [6.07, 6.45) is 1.78. The first-order chi connectivity index (χ1) is 15.8. The molecule has 0 radical (unpaired) electrons. The van der Waals surface area contributed by atoms with Crippen LogP contribution in [0.4, 0.5) is 13.2 Å². The molecule has 1 fully saturated rings. The normalized spacial score (nSPS) is 19.2. The zero-order valence-electron chi connectivity index (χ0n) is 17.3. The Kier molecular flexibility index (Phi) is 4.77. The summed E-state index contributed by atoms with van der Waals surface area (Å²) in [4.78, 5) is 23.8. The van der Waals surface area contributed by atoms with Gasteiger partial charge in [0.25, 0.3) is 5.56 Å². The first-order valence-corrected chi connectivity index (χ1v) is 10.2. The van der Waals surface area contributed by atoms with E-state index in [2.05, 4.69) is 25.1 Å². The summed E-state index contributed by atoms with van der Waals surface area (Å²) in [5.41, 5.74) is -0.966. The summed E-state index contributed by atoms with van der Waals surface area (Å²) in [7, 11) is 0. The Morgan fingerprint density at radius 2 is 2.12 bits per heavy atom. The Hall–Kier alpha value is -4.01. The number of aromatic amines is 1. The smallest absolute Gasteiger partial charge is 0.309 e. The molecule has 4 aromatic heterocycles. The van der Waals surface area contributed by atoms with Crippen LogP contribution >= 0.6 is 0 Å². The van der Waals surface area contributed by atoms with Crippen LogP contribution in [-0.4, -0.2) is 34.5 Å². The van der Waals surface area contributed by atoms with E-state index in [0.29, 0.717) is 11.4 Å². The lowest BCUT2D eigenvalue weighted by Crippen LogP contribution is -2.30. The van der Waals surface area contributed by atoms with Crippen molar-refractivity contribution < 1.29 is 13.2 Å². The molecular formula is C21H17F3N8O. The average molecular weight is 454 g/mol. The second-order valence-electron chi connectivity index (χ2n) is 7.94. The predicted molar refractivity (Wildman–Crippen MR) is 109 cm³/mol. The second-order valence-corrected chi connectivity index (χ2v) is 7.94. The first-order valence-electron chi connectivity index (χ1n) is 10.2.